The van der Waals surface area contributed by atoms with Crippen molar-refractivity contribution in [1.82, 2.24) is 9.38 Å². The number of amides is 1. The van der Waals surface area contributed by atoms with E-state index in [-0.39, 0.29) is 17.0 Å². The van der Waals surface area contributed by atoms with Crippen molar-refractivity contribution >= 4 is 39.2 Å². The smallest absolute Gasteiger partial charge is 0.269 e. The minimum Gasteiger partial charge on any atom is -0.438 e. The SMILES string of the molecule is CCc1ccc(Oc2nc3c(C)cccn3c(=O)c2/C=C(/C#N)C(=O)Nc2cccc(Br)c2)cc1. The molecule has 174 valence electrons. The molecule has 0 fully saturated rings. The van der Waals surface area contributed by atoms with Crippen LogP contribution in [0.25, 0.3) is 11.7 Å². The summed E-state index contributed by atoms with van der Waals surface area (Å²) in [5.74, 6) is -0.159. The van der Waals surface area contributed by atoms with E-state index in [0.29, 0.717) is 17.1 Å². The lowest BCUT2D eigenvalue weighted by Gasteiger charge is -2.12. The number of nitrogens with zero attached hydrogens (tertiary/aromatic N) is 3. The molecular weight excluding hydrogens is 508 g/mol. The first-order valence-electron chi connectivity index (χ1n) is 10.9. The van der Waals surface area contributed by atoms with Crippen LogP contribution in [0.2, 0.25) is 0 Å². The van der Waals surface area contributed by atoms with Gasteiger partial charge in [0.05, 0.1) is 0 Å². The van der Waals surface area contributed by atoms with Crippen LogP contribution in [0.3, 0.4) is 0 Å². The molecule has 1 N–H and O–H groups in total. The Hall–Kier alpha value is -4.22. The number of aryl methyl sites for hydroxylation is 2. The molecule has 0 aliphatic rings. The van der Waals surface area contributed by atoms with Gasteiger partial charge in [0.15, 0.2) is 0 Å². The van der Waals surface area contributed by atoms with E-state index in [2.05, 4.69) is 33.2 Å². The first-order chi connectivity index (χ1) is 16.9. The van der Waals surface area contributed by atoms with Crippen LogP contribution >= 0.6 is 15.9 Å². The fourth-order valence-electron chi connectivity index (χ4n) is 3.46. The van der Waals surface area contributed by atoms with Crippen molar-refractivity contribution in [3.05, 3.63) is 104 Å². The lowest BCUT2D eigenvalue weighted by atomic mass is 10.1. The number of anilines is 1. The molecule has 2 heterocycles. The summed E-state index contributed by atoms with van der Waals surface area (Å²) in [6.07, 6.45) is 3.68. The van der Waals surface area contributed by atoms with Gasteiger partial charge in [-0.15, -0.1) is 0 Å². The lowest BCUT2D eigenvalue weighted by Crippen LogP contribution is -2.20. The van der Waals surface area contributed by atoms with Crippen molar-refractivity contribution in [2.45, 2.75) is 20.3 Å². The number of nitriles is 1. The average Bonchev–Trinajstić information content (AvgIpc) is 2.85. The molecule has 2 aromatic heterocycles. The predicted octanol–water partition coefficient (Wildman–Crippen LogP) is 5.67. The highest BCUT2D eigenvalue weighted by Crippen LogP contribution is 2.25. The van der Waals surface area contributed by atoms with E-state index in [1.54, 1.807) is 42.6 Å². The molecule has 4 rings (SSSR count). The van der Waals surface area contributed by atoms with Crippen LogP contribution in [0, 0.1) is 18.3 Å². The standard InChI is InChI=1S/C27H21BrN4O3/c1-3-18-9-11-22(12-10-18)35-26-23(27(34)32-13-5-6-17(2)24(32)31-26)14-19(16-29)25(33)30-21-8-4-7-20(28)15-21/h4-15H,3H2,1-2H3,(H,30,33)/b19-14-. The van der Waals surface area contributed by atoms with Crippen molar-refractivity contribution in [3.63, 3.8) is 0 Å². The average molecular weight is 529 g/mol. The van der Waals surface area contributed by atoms with Crippen molar-refractivity contribution in [2.75, 3.05) is 5.32 Å². The molecule has 1 amide bonds. The Morgan fingerprint density at radius 3 is 2.66 bits per heavy atom. The van der Waals surface area contributed by atoms with Gasteiger partial charge in [0.1, 0.15) is 28.6 Å². The van der Waals surface area contributed by atoms with Gasteiger partial charge >= 0.3 is 0 Å². The van der Waals surface area contributed by atoms with E-state index in [4.69, 9.17) is 4.74 Å². The molecule has 8 heteroatoms. The molecule has 0 bridgehead atoms. The van der Waals surface area contributed by atoms with E-state index in [1.165, 1.54) is 10.5 Å². The molecule has 0 atom stereocenters. The molecule has 4 aromatic rings. The second-order valence-electron chi connectivity index (χ2n) is 7.75. The third-order valence-electron chi connectivity index (χ3n) is 5.33. The summed E-state index contributed by atoms with van der Waals surface area (Å²) in [7, 11) is 0. The first-order valence-corrected chi connectivity index (χ1v) is 11.7. The number of pyridine rings is 1. The number of benzene rings is 2. The Labute approximate surface area is 210 Å². The summed E-state index contributed by atoms with van der Waals surface area (Å²) in [5, 5.41) is 12.4. The van der Waals surface area contributed by atoms with Crippen LogP contribution < -0.4 is 15.6 Å². The molecule has 0 aliphatic heterocycles. The zero-order chi connectivity index (χ0) is 24.9. The second-order valence-corrected chi connectivity index (χ2v) is 8.67. The van der Waals surface area contributed by atoms with Gasteiger partial charge in [-0.25, -0.2) is 0 Å². The van der Waals surface area contributed by atoms with Crippen molar-refractivity contribution < 1.29 is 9.53 Å². The zero-order valence-electron chi connectivity index (χ0n) is 19.1. The third kappa shape index (κ3) is 5.31. The summed E-state index contributed by atoms with van der Waals surface area (Å²) in [6.45, 7) is 3.89. The predicted molar refractivity (Wildman–Crippen MR) is 138 cm³/mol. The number of hydrogen-bond donors (Lipinski definition) is 1. The number of nitrogens with one attached hydrogen (secondary N) is 1. The van der Waals surface area contributed by atoms with Crippen LogP contribution in [0.5, 0.6) is 11.6 Å². The Balaban J connectivity index is 1.81. The van der Waals surface area contributed by atoms with E-state index < -0.39 is 11.5 Å². The highest BCUT2D eigenvalue weighted by molar-refractivity contribution is 9.10. The number of rotatable bonds is 6. The molecule has 0 unspecified atom stereocenters. The minimum absolute atomic E-state index is 0.00592. The van der Waals surface area contributed by atoms with Crippen LogP contribution in [0.15, 0.2) is 81.7 Å². The van der Waals surface area contributed by atoms with Gasteiger partial charge in [-0.2, -0.15) is 10.2 Å². The molecule has 7 nitrogen and oxygen atoms in total. The Morgan fingerprint density at radius 1 is 1.20 bits per heavy atom. The maximum Gasteiger partial charge on any atom is 0.269 e. The quantitative estimate of drug-likeness (QED) is 0.257. The van der Waals surface area contributed by atoms with Crippen molar-refractivity contribution in [3.8, 4) is 17.7 Å². The van der Waals surface area contributed by atoms with Gasteiger partial charge < -0.3 is 10.1 Å². The first kappa shape index (κ1) is 23.9. The van der Waals surface area contributed by atoms with Gasteiger partial charge in [0.2, 0.25) is 5.88 Å². The van der Waals surface area contributed by atoms with Gasteiger partial charge in [0, 0.05) is 16.4 Å². The molecular formula is C27H21BrN4O3. The number of hydrogen-bond acceptors (Lipinski definition) is 5. The summed E-state index contributed by atoms with van der Waals surface area (Å²) < 4.78 is 8.14. The van der Waals surface area contributed by atoms with Crippen molar-refractivity contribution in [2.24, 2.45) is 0 Å². The highest BCUT2D eigenvalue weighted by atomic mass is 79.9. The zero-order valence-corrected chi connectivity index (χ0v) is 20.7. The van der Waals surface area contributed by atoms with Crippen LogP contribution in [-0.2, 0) is 11.2 Å². The molecule has 0 spiro atoms. The van der Waals surface area contributed by atoms with E-state index >= 15 is 0 Å². The van der Waals surface area contributed by atoms with Gasteiger partial charge in [-0.3, -0.25) is 14.0 Å². The van der Waals surface area contributed by atoms with E-state index in [1.807, 2.05) is 37.3 Å². The fourth-order valence-corrected chi connectivity index (χ4v) is 3.86. The fraction of sp³-hybridized carbons (Fsp3) is 0.111. The number of carbonyl (C=O) groups is 1. The van der Waals surface area contributed by atoms with Gasteiger partial charge in [-0.1, -0.05) is 47.1 Å². The Morgan fingerprint density at radius 2 is 1.97 bits per heavy atom. The van der Waals surface area contributed by atoms with Crippen LogP contribution in [0.1, 0.15) is 23.6 Å². The van der Waals surface area contributed by atoms with Gasteiger partial charge in [0.25, 0.3) is 11.5 Å². The minimum atomic E-state index is -0.655. The molecule has 0 saturated carbocycles. The topological polar surface area (TPSA) is 96.5 Å². The second kappa shape index (κ2) is 10.4. The van der Waals surface area contributed by atoms with Crippen molar-refractivity contribution in [1.29, 1.82) is 5.26 Å². The number of carbonyl (C=O) groups excluding carboxylic acids is 1. The summed E-state index contributed by atoms with van der Waals surface area (Å²) in [4.78, 5) is 30.8. The van der Waals surface area contributed by atoms with Crippen LogP contribution in [0.4, 0.5) is 5.69 Å². The summed E-state index contributed by atoms with van der Waals surface area (Å²) >= 11 is 3.35. The molecule has 0 aliphatic carbocycles. The van der Waals surface area contributed by atoms with Crippen LogP contribution in [-0.4, -0.2) is 15.3 Å². The number of aromatic nitrogens is 2. The normalized spacial score (nSPS) is 11.2. The molecule has 0 radical (unpaired) electrons. The van der Waals surface area contributed by atoms with Gasteiger partial charge in [-0.05, 0) is 66.9 Å². The summed E-state index contributed by atoms with van der Waals surface area (Å²) in [6, 6.07) is 19.9. The largest absolute Gasteiger partial charge is 0.438 e. The molecule has 0 saturated heterocycles. The van der Waals surface area contributed by atoms with E-state index in [0.717, 1.165) is 22.0 Å². The Bertz CT molecular complexity index is 1550. The number of fused-ring (bicyclic) bond motifs is 1. The third-order valence-corrected chi connectivity index (χ3v) is 5.82. The maximum atomic E-state index is 13.4. The summed E-state index contributed by atoms with van der Waals surface area (Å²) in [5.41, 5.74) is 2.11. The van der Waals surface area contributed by atoms with E-state index in [9.17, 15) is 14.9 Å². The monoisotopic (exact) mass is 528 g/mol. The number of ether oxygens (including phenoxy) is 1. The highest BCUT2D eigenvalue weighted by Gasteiger charge is 2.18. The molecule has 2 aromatic carbocycles. The lowest BCUT2D eigenvalue weighted by molar-refractivity contribution is -0.112. The molecule has 35 heavy (non-hydrogen) atoms. The Kier molecular flexibility index (Phi) is 7.09. The number of halogens is 1. The maximum absolute atomic E-state index is 13.4.